The van der Waals surface area contributed by atoms with Gasteiger partial charge in [-0.2, -0.15) is 5.10 Å². The zero-order chi connectivity index (χ0) is 12.4. The van der Waals surface area contributed by atoms with E-state index in [1.165, 1.54) is 18.3 Å². The zero-order valence-corrected chi connectivity index (χ0v) is 10.5. The number of anilines is 2. The van der Waals surface area contributed by atoms with Crippen molar-refractivity contribution in [2.75, 3.05) is 11.1 Å². The first kappa shape index (κ1) is 11.7. The summed E-state index contributed by atoms with van der Waals surface area (Å²) in [7, 11) is 0. The molecule has 6 heteroatoms. The summed E-state index contributed by atoms with van der Waals surface area (Å²) in [6, 6.07) is 1.91. The lowest BCUT2D eigenvalue weighted by atomic mass is 10.2. The van der Waals surface area contributed by atoms with Gasteiger partial charge in [-0.3, -0.25) is 9.89 Å². The molecule has 0 fully saturated rings. The van der Waals surface area contributed by atoms with Gasteiger partial charge in [-0.1, -0.05) is 0 Å². The van der Waals surface area contributed by atoms with Gasteiger partial charge in [0.2, 0.25) is 0 Å². The van der Waals surface area contributed by atoms with Gasteiger partial charge in [0.05, 0.1) is 27.8 Å². The molecule has 0 radical (unpaired) electrons. The third-order valence-electron chi connectivity index (χ3n) is 2.46. The van der Waals surface area contributed by atoms with Crippen LogP contribution in [-0.4, -0.2) is 16.0 Å². The maximum absolute atomic E-state index is 11.3. The number of thiophene rings is 1. The van der Waals surface area contributed by atoms with Crippen molar-refractivity contribution in [3.05, 3.63) is 28.9 Å². The summed E-state index contributed by atoms with van der Waals surface area (Å²) in [5, 5.41) is 10.8. The van der Waals surface area contributed by atoms with E-state index in [2.05, 4.69) is 15.5 Å². The number of aromatic amines is 1. The van der Waals surface area contributed by atoms with Crippen molar-refractivity contribution in [3.8, 4) is 0 Å². The molecule has 0 aromatic carbocycles. The second-order valence-corrected chi connectivity index (χ2v) is 4.90. The van der Waals surface area contributed by atoms with E-state index < -0.39 is 0 Å². The van der Waals surface area contributed by atoms with Crippen LogP contribution in [0.3, 0.4) is 0 Å². The smallest absolute Gasteiger partial charge is 0.171 e. The van der Waals surface area contributed by atoms with E-state index in [9.17, 15) is 4.79 Å². The van der Waals surface area contributed by atoms with Gasteiger partial charge in [0.25, 0.3) is 0 Å². The first-order chi connectivity index (χ1) is 8.08. The Hall–Kier alpha value is -1.82. The molecule has 4 N–H and O–H groups in total. The van der Waals surface area contributed by atoms with E-state index in [0.717, 1.165) is 10.6 Å². The van der Waals surface area contributed by atoms with E-state index in [1.54, 1.807) is 12.3 Å². The van der Waals surface area contributed by atoms with Crippen LogP contribution >= 0.6 is 11.3 Å². The largest absolute Gasteiger partial charge is 0.397 e. The maximum Gasteiger partial charge on any atom is 0.171 e. The van der Waals surface area contributed by atoms with Crippen LogP contribution < -0.4 is 11.1 Å². The van der Waals surface area contributed by atoms with Gasteiger partial charge in [0.1, 0.15) is 0 Å². The Bertz CT molecular complexity index is 518. The minimum absolute atomic E-state index is 0.00323. The molecule has 1 unspecified atom stereocenters. The molecule has 0 saturated carbocycles. The van der Waals surface area contributed by atoms with Crippen molar-refractivity contribution in [2.24, 2.45) is 0 Å². The third-order valence-corrected chi connectivity index (χ3v) is 3.64. The standard InChI is InChI=1S/C11H14N4OS/c1-6(8-4-13-14-5-8)15-10-3-9(12)11(17-10)7(2)16/h3-6,15H,12H2,1-2H3,(H,13,14). The number of hydrogen-bond acceptors (Lipinski definition) is 5. The number of Topliss-reactive ketones (excluding diaryl/α,β-unsaturated/α-hetero) is 1. The highest BCUT2D eigenvalue weighted by Crippen LogP contribution is 2.31. The molecule has 2 rings (SSSR count). The van der Waals surface area contributed by atoms with Crippen LogP contribution in [0.2, 0.25) is 0 Å². The Morgan fingerprint density at radius 1 is 1.65 bits per heavy atom. The SMILES string of the molecule is CC(=O)c1sc(NC(C)c2cn[nH]c2)cc1N. The van der Waals surface area contributed by atoms with E-state index in [0.29, 0.717) is 10.6 Å². The van der Waals surface area contributed by atoms with Gasteiger partial charge in [0, 0.05) is 18.7 Å². The van der Waals surface area contributed by atoms with Crippen molar-refractivity contribution in [1.29, 1.82) is 0 Å². The quantitative estimate of drug-likeness (QED) is 0.728. The second kappa shape index (κ2) is 4.58. The maximum atomic E-state index is 11.3. The molecule has 0 aliphatic carbocycles. The molecule has 0 aliphatic rings. The third kappa shape index (κ3) is 2.47. The van der Waals surface area contributed by atoms with Gasteiger partial charge in [0.15, 0.2) is 5.78 Å². The minimum Gasteiger partial charge on any atom is -0.397 e. The van der Waals surface area contributed by atoms with E-state index in [1.807, 2.05) is 13.1 Å². The van der Waals surface area contributed by atoms with Crippen molar-refractivity contribution >= 4 is 27.8 Å². The Kier molecular flexibility index (Phi) is 3.14. The van der Waals surface area contributed by atoms with Crippen LogP contribution in [0, 0.1) is 0 Å². The summed E-state index contributed by atoms with van der Waals surface area (Å²) in [5.74, 6) is -0.00323. The van der Waals surface area contributed by atoms with Crippen molar-refractivity contribution in [2.45, 2.75) is 19.9 Å². The van der Waals surface area contributed by atoms with Crippen molar-refractivity contribution < 1.29 is 4.79 Å². The Balaban J connectivity index is 2.14. The van der Waals surface area contributed by atoms with Crippen LogP contribution in [0.4, 0.5) is 10.7 Å². The monoisotopic (exact) mass is 250 g/mol. The number of ketones is 1. The number of hydrogen-bond donors (Lipinski definition) is 3. The summed E-state index contributed by atoms with van der Waals surface area (Å²) in [6.07, 6.45) is 3.60. The summed E-state index contributed by atoms with van der Waals surface area (Å²) in [6.45, 7) is 3.54. The molecule has 2 heterocycles. The molecular formula is C11H14N4OS. The average Bonchev–Trinajstić information content (AvgIpc) is 2.86. The molecule has 0 saturated heterocycles. The van der Waals surface area contributed by atoms with Crippen molar-refractivity contribution in [1.82, 2.24) is 10.2 Å². The lowest BCUT2D eigenvalue weighted by Crippen LogP contribution is -2.03. The number of rotatable bonds is 4. The molecule has 0 spiro atoms. The molecule has 5 nitrogen and oxygen atoms in total. The molecule has 2 aromatic rings. The Morgan fingerprint density at radius 3 is 2.94 bits per heavy atom. The Morgan fingerprint density at radius 2 is 2.41 bits per heavy atom. The summed E-state index contributed by atoms with van der Waals surface area (Å²) in [5.41, 5.74) is 7.36. The summed E-state index contributed by atoms with van der Waals surface area (Å²) >= 11 is 1.38. The van der Waals surface area contributed by atoms with E-state index in [4.69, 9.17) is 5.73 Å². The molecule has 1 atom stereocenters. The van der Waals surface area contributed by atoms with Crippen LogP contribution in [-0.2, 0) is 0 Å². The van der Waals surface area contributed by atoms with Crippen molar-refractivity contribution in [3.63, 3.8) is 0 Å². The second-order valence-electron chi connectivity index (χ2n) is 3.85. The molecule has 0 bridgehead atoms. The first-order valence-electron chi connectivity index (χ1n) is 5.23. The Labute approximate surface area is 103 Å². The number of carbonyl (C=O) groups is 1. The number of nitrogens with one attached hydrogen (secondary N) is 2. The van der Waals surface area contributed by atoms with Crippen LogP contribution in [0.1, 0.15) is 35.1 Å². The minimum atomic E-state index is -0.00323. The van der Waals surface area contributed by atoms with Gasteiger partial charge in [-0.25, -0.2) is 0 Å². The fourth-order valence-electron chi connectivity index (χ4n) is 1.55. The van der Waals surface area contributed by atoms with E-state index >= 15 is 0 Å². The zero-order valence-electron chi connectivity index (χ0n) is 9.65. The van der Waals surface area contributed by atoms with Crippen LogP contribution in [0.25, 0.3) is 0 Å². The average molecular weight is 250 g/mol. The fraction of sp³-hybridized carbons (Fsp3) is 0.273. The number of nitrogens with two attached hydrogens (primary N) is 1. The lowest BCUT2D eigenvalue weighted by molar-refractivity contribution is 0.102. The predicted molar refractivity (Wildman–Crippen MR) is 69.4 cm³/mol. The lowest BCUT2D eigenvalue weighted by Gasteiger charge is -2.10. The predicted octanol–water partition coefficient (Wildman–Crippen LogP) is 2.43. The van der Waals surface area contributed by atoms with E-state index in [-0.39, 0.29) is 11.8 Å². The van der Waals surface area contributed by atoms with Crippen LogP contribution in [0.5, 0.6) is 0 Å². The summed E-state index contributed by atoms with van der Waals surface area (Å²) < 4.78 is 0. The number of nitrogens with zero attached hydrogens (tertiary/aromatic N) is 1. The number of aromatic nitrogens is 2. The topological polar surface area (TPSA) is 83.8 Å². The highest BCUT2D eigenvalue weighted by molar-refractivity contribution is 7.18. The molecule has 2 aromatic heterocycles. The molecule has 0 aliphatic heterocycles. The van der Waals surface area contributed by atoms with Gasteiger partial charge >= 0.3 is 0 Å². The summed E-state index contributed by atoms with van der Waals surface area (Å²) in [4.78, 5) is 11.9. The molecular weight excluding hydrogens is 236 g/mol. The number of carbonyl (C=O) groups excluding carboxylic acids is 1. The van der Waals surface area contributed by atoms with Gasteiger partial charge in [-0.15, -0.1) is 11.3 Å². The highest BCUT2D eigenvalue weighted by atomic mass is 32.1. The number of H-pyrrole nitrogens is 1. The van der Waals surface area contributed by atoms with Gasteiger partial charge in [-0.05, 0) is 13.0 Å². The normalized spacial score (nSPS) is 12.4. The molecule has 0 amide bonds. The molecule has 17 heavy (non-hydrogen) atoms. The van der Waals surface area contributed by atoms with Crippen LogP contribution in [0.15, 0.2) is 18.5 Å². The van der Waals surface area contributed by atoms with Gasteiger partial charge < -0.3 is 11.1 Å². The number of nitrogen functional groups attached to an aromatic ring is 1. The highest BCUT2D eigenvalue weighted by Gasteiger charge is 2.13. The first-order valence-corrected chi connectivity index (χ1v) is 6.05. The molecule has 90 valence electrons. The fourth-order valence-corrected chi connectivity index (χ4v) is 2.51.